The van der Waals surface area contributed by atoms with E-state index in [-0.39, 0.29) is 21.8 Å². The number of non-ortho nitro benzene ring substituents is 1. The zero-order chi connectivity index (χ0) is 30.0. The Labute approximate surface area is 255 Å². The molecule has 4 aromatic rings. The van der Waals surface area contributed by atoms with E-state index in [9.17, 15) is 24.5 Å². The number of para-hydroxylation sites is 1. The molecule has 0 radical (unpaired) electrons. The van der Waals surface area contributed by atoms with Crippen molar-refractivity contribution in [3.8, 4) is 0 Å². The lowest BCUT2D eigenvalue weighted by atomic mass is 9.62. The molecule has 3 aliphatic rings. The van der Waals surface area contributed by atoms with Gasteiger partial charge in [-0.05, 0) is 47.0 Å². The van der Waals surface area contributed by atoms with Gasteiger partial charge in [0.1, 0.15) is 11.5 Å². The lowest BCUT2D eigenvalue weighted by molar-refractivity contribution is -0.384. The van der Waals surface area contributed by atoms with Gasteiger partial charge in [-0.15, -0.1) is 0 Å². The highest BCUT2D eigenvalue weighted by Gasteiger charge is 2.70. The first kappa shape index (κ1) is 27.1. The Kier molecular flexibility index (Phi) is 6.23. The van der Waals surface area contributed by atoms with Gasteiger partial charge in [0, 0.05) is 40.2 Å². The molecular formula is C33H21Cl2N3O5. The number of hydrogen-bond acceptors (Lipinski definition) is 6. The number of hydrogen-bond donors (Lipinski definition) is 1. The molecule has 1 N–H and O–H groups in total. The summed E-state index contributed by atoms with van der Waals surface area (Å²) in [6, 6.07) is 22.6. The molecule has 0 unspecified atom stereocenters. The first-order chi connectivity index (χ1) is 20.7. The van der Waals surface area contributed by atoms with Gasteiger partial charge in [-0.2, -0.15) is 0 Å². The normalized spacial score (nSPS) is 23.0. The second kappa shape index (κ2) is 9.90. The van der Waals surface area contributed by atoms with Gasteiger partial charge in [-0.1, -0.05) is 77.8 Å². The Morgan fingerprint density at radius 3 is 2.47 bits per heavy atom. The topological polar surface area (TPSA) is 110 Å². The Hall–Kier alpha value is -4.79. The molecule has 7 rings (SSSR count). The van der Waals surface area contributed by atoms with Gasteiger partial charge in [0.05, 0.1) is 21.9 Å². The van der Waals surface area contributed by atoms with Crippen LogP contribution in [0.15, 0.2) is 97.2 Å². The van der Waals surface area contributed by atoms with Gasteiger partial charge < -0.3 is 10.2 Å². The second-order valence-corrected chi connectivity index (χ2v) is 11.6. The molecule has 0 aliphatic carbocycles. The maximum atomic E-state index is 14.8. The number of rotatable bonds is 5. The van der Waals surface area contributed by atoms with Crippen LogP contribution in [0.2, 0.25) is 10.0 Å². The highest BCUT2D eigenvalue weighted by atomic mass is 35.5. The van der Waals surface area contributed by atoms with Crippen LogP contribution in [0.3, 0.4) is 0 Å². The second-order valence-electron chi connectivity index (χ2n) is 10.7. The molecule has 212 valence electrons. The van der Waals surface area contributed by atoms with Crippen LogP contribution in [-0.4, -0.2) is 33.3 Å². The minimum Gasteiger partial charge on any atom is -0.358 e. The van der Waals surface area contributed by atoms with Crippen molar-refractivity contribution in [1.82, 2.24) is 4.90 Å². The maximum Gasteiger partial charge on any atom is 0.270 e. The van der Waals surface area contributed by atoms with Crippen molar-refractivity contribution >= 4 is 58.1 Å². The quantitative estimate of drug-likeness (QED) is 0.150. The van der Waals surface area contributed by atoms with E-state index >= 15 is 0 Å². The molecule has 43 heavy (non-hydrogen) atoms. The molecule has 8 nitrogen and oxygen atoms in total. The molecule has 1 amide bonds. The Bertz CT molecular complexity index is 1920. The fourth-order valence-electron chi connectivity index (χ4n) is 6.97. The van der Waals surface area contributed by atoms with E-state index < -0.39 is 45.8 Å². The van der Waals surface area contributed by atoms with Crippen molar-refractivity contribution in [3.05, 3.63) is 145 Å². The third kappa shape index (κ3) is 3.87. The van der Waals surface area contributed by atoms with E-state index in [0.717, 1.165) is 11.1 Å². The first-order valence-corrected chi connectivity index (χ1v) is 14.2. The number of benzene rings is 4. The van der Waals surface area contributed by atoms with E-state index in [2.05, 4.69) is 5.32 Å². The van der Waals surface area contributed by atoms with E-state index in [0.29, 0.717) is 16.3 Å². The standard InChI is InChI=1S/C33H21Cl2N3O5/c34-20-12-13-23(25(35)17-20)30(40)28-27(29(39)19-7-5-8-21(16-19)38(42)43)33(24-10-3-4-11-26(24)36-32(33)41)31-22-9-2-1-6-18(22)14-15-37(28)31/h1-17,27-28,31H,(H,36,41)/t27-,28+,31+,33+/m0/s1. The van der Waals surface area contributed by atoms with Crippen LogP contribution < -0.4 is 5.32 Å². The van der Waals surface area contributed by atoms with Crippen molar-refractivity contribution in [3.63, 3.8) is 0 Å². The molecular weight excluding hydrogens is 589 g/mol. The Balaban J connectivity index is 1.54. The van der Waals surface area contributed by atoms with Crippen LogP contribution >= 0.6 is 23.2 Å². The van der Waals surface area contributed by atoms with Gasteiger partial charge in [-0.25, -0.2) is 0 Å². The van der Waals surface area contributed by atoms with Crippen LogP contribution in [0.4, 0.5) is 11.4 Å². The van der Waals surface area contributed by atoms with Gasteiger partial charge in [0.15, 0.2) is 11.6 Å². The molecule has 10 heteroatoms. The third-order valence-corrected chi connectivity index (χ3v) is 9.21. The number of amides is 1. The lowest BCUT2D eigenvalue weighted by Gasteiger charge is -2.38. The first-order valence-electron chi connectivity index (χ1n) is 13.5. The predicted octanol–water partition coefficient (Wildman–Crippen LogP) is 6.88. The van der Waals surface area contributed by atoms with Gasteiger partial charge >= 0.3 is 0 Å². The molecule has 4 atom stereocenters. The number of carbonyl (C=O) groups excluding carboxylic acids is 3. The summed E-state index contributed by atoms with van der Waals surface area (Å²) in [6.07, 6.45) is 3.60. The van der Waals surface area contributed by atoms with Crippen LogP contribution in [-0.2, 0) is 10.2 Å². The molecule has 3 aliphatic heterocycles. The van der Waals surface area contributed by atoms with Crippen LogP contribution in [0.25, 0.3) is 6.08 Å². The van der Waals surface area contributed by atoms with E-state index in [1.54, 1.807) is 41.4 Å². The Morgan fingerprint density at radius 2 is 1.67 bits per heavy atom. The number of nitro benzene ring substituents is 1. The summed E-state index contributed by atoms with van der Waals surface area (Å²) in [6.45, 7) is 0. The van der Waals surface area contributed by atoms with E-state index in [1.165, 1.54) is 36.4 Å². The third-order valence-electron chi connectivity index (χ3n) is 8.66. The summed E-state index contributed by atoms with van der Waals surface area (Å²) >= 11 is 12.7. The number of nitrogens with one attached hydrogen (secondary N) is 1. The van der Waals surface area contributed by atoms with Gasteiger partial charge in [0.25, 0.3) is 5.69 Å². The number of ketones is 2. The molecule has 0 saturated carbocycles. The van der Waals surface area contributed by atoms with Crippen molar-refractivity contribution in [1.29, 1.82) is 0 Å². The summed E-state index contributed by atoms with van der Waals surface area (Å²) in [5, 5.41) is 15.1. The van der Waals surface area contributed by atoms with Crippen LogP contribution in [0.1, 0.15) is 43.4 Å². The number of Topliss-reactive ketones (excluding diaryl/α,β-unsaturated/α-hetero) is 2. The van der Waals surface area contributed by atoms with Crippen LogP contribution in [0, 0.1) is 16.0 Å². The van der Waals surface area contributed by atoms with E-state index in [1.807, 2.05) is 30.3 Å². The summed E-state index contributed by atoms with van der Waals surface area (Å²) in [7, 11) is 0. The summed E-state index contributed by atoms with van der Waals surface area (Å²) in [5.74, 6) is -2.78. The molecule has 0 bridgehead atoms. The van der Waals surface area contributed by atoms with Crippen molar-refractivity contribution < 1.29 is 19.3 Å². The number of fused-ring (bicyclic) bond motifs is 6. The smallest absolute Gasteiger partial charge is 0.270 e. The zero-order valence-corrected chi connectivity index (χ0v) is 23.8. The number of carbonyl (C=O) groups is 3. The molecule has 1 saturated heterocycles. The van der Waals surface area contributed by atoms with Crippen LogP contribution in [0.5, 0.6) is 0 Å². The molecule has 3 heterocycles. The van der Waals surface area contributed by atoms with E-state index in [4.69, 9.17) is 23.2 Å². The number of anilines is 1. The highest BCUT2D eigenvalue weighted by Crippen LogP contribution is 2.62. The fraction of sp³-hybridized carbons (Fsp3) is 0.121. The van der Waals surface area contributed by atoms with Gasteiger partial charge in [0.2, 0.25) is 5.91 Å². The molecule has 1 fully saturated rings. The Morgan fingerprint density at radius 1 is 0.907 bits per heavy atom. The monoisotopic (exact) mass is 609 g/mol. The van der Waals surface area contributed by atoms with Crippen molar-refractivity contribution in [2.45, 2.75) is 17.5 Å². The van der Waals surface area contributed by atoms with Crippen molar-refractivity contribution in [2.24, 2.45) is 5.92 Å². The SMILES string of the molecule is O=C(c1cccc([N+](=O)[O-])c1)[C@@H]1[C@H](C(=O)c2ccc(Cl)cc2Cl)N2C=Cc3ccccc3[C@@H]2[C@]12C(=O)Nc1ccccc12. The summed E-state index contributed by atoms with van der Waals surface area (Å²) in [5.41, 5.74) is 1.04. The number of nitro groups is 1. The average Bonchev–Trinajstić information content (AvgIpc) is 3.48. The fourth-order valence-corrected chi connectivity index (χ4v) is 7.47. The predicted molar refractivity (Wildman–Crippen MR) is 162 cm³/mol. The molecule has 0 aromatic heterocycles. The molecule has 4 aromatic carbocycles. The largest absolute Gasteiger partial charge is 0.358 e. The lowest BCUT2D eigenvalue weighted by Crippen LogP contribution is -2.49. The molecule has 1 spiro atoms. The summed E-state index contributed by atoms with van der Waals surface area (Å²) < 4.78 is 0. The van der Waals surface area contributed by atoms with Crippen molar-refractivity contribution in [2.75, 3.05) is 5.32 Å². The van der Waals surface area contributed by atoms with Gasteiger partial charge in [-0.3, -0.25) is 24.5 Å². The maximum absolute atomic E-state index is 14.8. The average molecular weight is 610 g/mol. The zero-order valence-electron chi connectivity index (χ0n) is 22.2. The minimum absolute atomic E-state index is 0.0212. The highest BCUT2D eigenvalue weighted by molar-refractivity contribution is 6.37. The number of halogens is 2. The number of nitrogens with zero attached hydrogens (tertiary/aromatic N) is 2. The minimum atomic E-state index is -1.57. The summed E-state index contributed by atoms with van der Waals surface area (Å²) in [4.78, 5) is 56.8.